The van der Waals surface area contributed by atoms with E-state index in [0.717, 1.165) is 29.4 Å². The Morgan fingerprint density at radius 3 is 3.04 bits per heavy atom. The molecule has 0 radical (unpaired) electrons. The molecule has 1 aliphatic heterocycles. The Kier molecular flexibility index (Phi) is 6.09. The first-order chi connectivity index (χ1) is 12.2. The van der Waals surface area contributed by atoms with Gasteiger partial charge >= 0.3 is 5.97 Å². The lowest BCUT2D eigenvalue weighted by atomic mass is 10.0. The highest BCUT2D eigenvalue weighted by molar-refractivity contribution is 8.01. The van der Waals surface area contributed by atoms with Crippen LogP contribution in [0.4, 0.5) is 5.69 Å². The van der Waals surface area contributed by atoms with E-state index in [1.54, 1.807) is 6.92 Å². The van der Waals surface area contributed by atoms with Crippen molar-refractivity contribution >= 4 is 40.7 Å². The summed E-state index contributed by atoms with van der Waals surface area (Å²) in [4.78, 5) is 30.4. The van der Waals surface area contributed by atoms with Crippen LogP contribution in [-0.2, 0) is 27.2 Å². The van der Waals surface area contributed by atoms with Crippen molar-refractivity contribution in [2.24, 2.45) is 0 Å². The predicted octanol–water partition coefficient (Wildman–Crippen LogP) is 3.32. The molecular weight excluding hydrogens is 356 g/mol. The van der Waals surface area contributed by atoms with Crippen molar-refractivity contribution in [2.45, 2.75) is 30.5 Å². The second-order valence-electron chi connectivity index (χ2n) is 5.65. The molecule has 0 unspecified atom stereocenters. The van der Waals surface area contributed by atoms with Crippen LogP contribution in [0.25, 0.3) is 0 Å². The zero-order chi connectivity index (χ0) is 17.6. The van der Waals surface area contributed by atoms with Gasteiger partial charge in [-0.15, -0.1) is 11.3 Å². The van der Waals surface area contributed by atoms with E-state index in [1.165, 1.54) is 28.7 Å². The maximum Gasteiger partial charge on any atom is 0.311 e. The Bertz CT molecular complexity index is 760. The fourth-order valence-corrected chi connectivity index (χ4v) is 4.51. The van der Waals surface area contributed by atoms with Crippen LogP contribution >= 0.6 is 23.1 Å². The maximum absolute atomic E-state index is 12.6. The SMILES string of the molecule is CCOC(=O)Cc1csc(SCC(=O)N2CCCc3ccccc32)n1. The van der Waals surface area contributed by atoms with E-state index in [4.69, 9.17) is 4.74 Å². The molecule has 1 aromatic carbocycles. The number of esters is 1. The topological polar surface area (TPSA) is 59.5 Å². The van der Waals surface area contributed by atoms with Crippen LogP contribution in [-0.4, -0.2) is 35.8 Å². The molecule has 0 saturated carbocycles. The number of hydrogen-bond acceptors (Lipinski definition) is 6. The first kappa shape index (κ1) is 17.9. The molecule has 0 bridgehead atoms. The van der Waals surface area contributed by atoms with Gasteiger partial charge in [0, 0.05) is 17.6 Å². The Balaban J connectivity index is 1.57. The fourth-order valence-electron chi connectivity index (χ4n) is 2.79. The van der Waals surface area contributed by atoms with E-state index in [9.17, 15) is 9.59 Å². The minimum atomic E-state index is -0.273. The van der Waals surface area contributed by atoms with Crippen LogP contribution in [0.1, 0.15) is 24.6 Å². The van der Waals surface area contributed by atoms with Gasteiger partial charge in [0.2, 0.25) is 5.91 Å². The Hall–Kier alpha value is -1.86. The summed E-state index contributed by atoms with van der Waals surface area (Å²) in [6, 6.07) is 8.09. The summed E-state index contributed by atoms with van der Waals surface area (Å²) in [5.41, 5.74) is 2.96. The number of carbonyl (C=O) groups excluding carboxylic acids is 2. The maximum atomic E-state index is 12.6. The molecule has 0 aliphatic carbocycles. The van der Waals surface area contributed by atoms with Crippen LogP contribution in [0, 0.1) is 0 Å². The smallest absolute Gasteiger partial charge is 0.311 e. The second kappa shape index (κ2) is 8.49. The number of fused-ring (bicyclic) bond motifs is 1. The summed E-state index contributed by atoms with van der Waals surface area (Å²) in [7, 11) is 0. The number of hydrogen-bond donors (Lipinski definition) is 0. The molecule has 0 saturated heterocycles. The van der Waals surface area contributed by atoms with E-state index in [2.05, 4.69) is 11.1 Å². The molecule has 0 fully saturated rings. The summed E-state index contributed by atoms with van der Waals surface area (Å²) in [5, 5.41) is 1.85. The number of rotatable bonds is 6. The molecule has 1 aliphatic rings. The minimum absolute atomic E-state index is 0.0966. The van der Waals surface area contributed by atoms with Crippen LogP contribution in [0.15, 0.2) is 34.0 Å². The number of benzene rings is 1. The summed E-state index contributed by atoms with van der Waals surface area (Å²) in [6.45, 7) is 2.92. The molecule has 5 nitrogen and oxygen atoms in total. The molecule has 0 N–H and O–H groups in total. The van der Waals surface area contributed by atoms with Crippen molar-refractivity contribution in [1.82, 2.24) is 4.98 Å². The third-order valence-corrected chi connectivity index (χ3v) is 5.95. The van der Waals surface area contributed by atoms with Crippen LogP contribution in [0.3, 0.4) is 0 Å². The fraction of sp³-hybridized carbons (Fsp3) is 0.389. The van der Waals surface area contributed by atoms with Gasteiger partial charge < -0.3 is 9.64 Å². The molecule has 0 atom stereocenters. The van der Waals surface area contributed by atoms with Crippen molar-refractivity contribution in [2.75, 3.05) is 23.8 Å². The highest BCUT2D eigenvalue weighted by Crippen LogP contribution is 2.29. The number of carbonyl (C=O) groups is 2. The molecule has 2 aromatic rings. The summed E-state index contributed by atoms with van der Waals surface area (Å²) in [5.74, 6) is 0.172. The lowest BCUT2D eigenvalue weighted by molar-refractivity contribution is -0.142. The summed E-state index contributed by atoms with van der Waals surface area (Å²) in [6.07, 6.45) is 2.20. The number of amides is 1. The van der Waals surface area contributed by atoms with Gasteiger partial charge in [-0.3, -0.25) is 9.59 Å². The van der Waals surface area contributed by atoms with E-state index in [0.29, 0.717) is 18.1 Å². The molecule has 0 spiro atoms. The van der Waals surface area contributed by atoms with Crippen molar-refractivity contribution < 1.29 is 14.3 Å². The van der Waals surface area contributed by atoms with Gasteiger partial charge in [-0.2, -0.15) is 0 Å². The van der Waals surface area contributed by atoms with Gasteiger partial charge in [-0.05, 0) is 31.4 Å². The summed E-state index contributed by atoms with van der Waals surface area (Å²) < 4.78 is 5.73. The van der Waals surface area contributed by atoms with E-state index >= 15 is 0 Å². The number of para-hydroxylation sites is 1. The average Bonchev–Trinajstić information content (AvgIpc) is 3.06. The highest BCUT2D eigenvalue weighted by Gasteiger charge is 2.22. The van der Waals surface area contributed by atoms with Gasteiger partial charge in [-0.25, -0.2) is 4.98 Å². The van der Waals surface area contributed by atoms with Gasteiger partial charge in [0.05, 0.1) is 24.5 Å². The summed E-state index contributed by atoms with van der Waals surface area (Å²) >= 11 is 2.88. The standard InChI is InChI=1S/C18H20N2O3S2/c1-2-23-17(22)10-14-11-24-18(19-14)25-12-16(21)20-9-5-7-13-6-3-4-8-15(13)20/h3-4,6,8,11H,2,5,7,9-10,12H2,1H3. The highest BCUT2D eigenvalue weighted by atomic mass is 32.2. The number of anilines is 1. The number of aryl methyl sites for hydroxylation is 1. The van der Waals surface area contributed by atoms with Crippen molar-refractivity contribution in [3.63, 3.8) is 0 Å². The Morgan fingerprint density at radius 2 is 2.20 bits per heavy atom. The molecule has 25 heavy (non-hydrogen) atoms. The van der Waals surface area contributed by atoms with Crippen LogP contribution in [0.5, 0.6) is 0 Å². The van der Waals surface area contributed by atoms with Gasteiger partial charge in [0.1, 0.15) is 0 Å². The normalized spacial score (nSPS) is 13.4. The van der Waals surface area contributed by atoms with Crippen molar-refractivity contribution in [3.8, 4) is 0 Å². The number of thioether (sulfide) groups is 1. The molecule has 2 heterocycles. The predicted molar refractivity (Wildman–Crippen MR) is 100 cm³/mol. The number of nitrogens with zero attached hydrogens (tertiary/aromatic N) is 2. The van der Waals surface area contributed by atoms with Gasteiger partial charge in [0.25, 0.3) is 0 Å². The zero-order valence-electron chi connectivity index (χ0n) is 14.1. The van der Waals surface area contributed by atoms with Gasteiger partial charge in [-0.1, -0.05) is 30.0 Å². The molecule has 1 aromatic heterocycles. The third kappa shape index (κ3) is 4.61. The van der Waals surface area contributed by atoms with E-state index in [1.807, 2.05) is 28.5 Å². The largest absolute Gasteiger partial charge is 0.466 e. The number of aromatic nitrogens is 1. The van der Waals surface area contributed by atoms with Crippen molar-refractivity contribution in [3.05, 3.63) is 40.9 Å². The number of thiazole rings is 1. The van der Waals surface area contributed by atoms with E-state index < -0.39 is 0 Å². The van der Waals surface area contributed by atoms with Crippen LogP contribution in [0.2, 0.25) is 0 Å². The second-order valence-corrected chi connectivity index (χ2v) is 7.73. The van der Waals surface area contributed by atoms with Crippen molar-refractivity contribution in [1.29, 1.82) is 0 Å². The number of ether oxygens (including phenoxy) is 1. The quantitative estimate of drug-likeness (QED) is 0.572. The van der Waals surface area contributed by atoms with E-state index in [-0.39, 0.29) is 18.3 Å². The lowest BCUT2D eigenvalue weighted by Gasteiger charge is -2.29. The first-order valence-electron chi connectivity index (χ1n) is 8.28. The average molecular weight is 377 g/mol. The Labute approximate surface area is 155 Å². The first-order valence-corrected chi connectivity index (χ1v) is 10.1. The minimum Gasteiger partial charge on any atom is -0.466 e. The third-order valence-electron chi connectivity index (χ3n) is 3.89. The lowest BCUT2D eigenvalue weighted by Crippen LogP contribution is -2.36. The molecule has 7 heteroatoms. The Morgan fingerprint density at radius 1 is 1.36 bits per heavy atom. The molecule has 1 amide bonds. The molecule has 3 rings (SSSR count). The molecular formula is C18H20N2O3S2. The van der Waals surface area contributed by atoms with Crippen LogP contribution < -0.4 is 4.90 Å². The zero-order valence-corrected chi connectivity index (χ0v) is 15.7. The van der Waals surface area contributed by atoms with Gasteiger partial charge in [0.15, 0.2) is 4.34 Å². The molecule has 132 valence electrons. The monoisotopic (exact) mass is 376 g/mol.